The number of hydrogen-bond acceptors (Lipinski definition) is 10. The molecule has 4 aromatic rings. The van der Waals surface area contributed by atoms with Gasteiger partial charge in [0.1, 0.15) is 22.1 Å². The van der Waals surface area contributed by atoms with E-state index in [1.54, 1.807) is 11.8 Å². The van der Waals surface area contributed by atoms with E-state index in [0.717, 1.165) is 18.3 Å². The first-order chi connectivity index (χ1) is 18.9. The Morgan fingerprint density at radius 2 is 2.10 bits per heavy atom. The number of aromatic hydroxyl groups is 1. The summed E-state index contributed by atoms with van der Waals surface area (Å²) in [5.41, 5.74) is -2.82. The Kier molecular flexibility index (Phi) is 7.75. The number of hydrogen-bond donors (Lipinski definition) is 3. The van der Waals surface area contributed by atoms with Crippen molar-refractivity contribution in [3.8, 4) is 5.75 Å². The topological polar surface area (TPSA) is 191 Å². The number of benzene rings is 2. The van der Waals surface area contributed by atoms with Crippen LogP contribution < -0.4 is 20.5 Å². The Hall–Kier alpha value is -4.57. The number of phenolic OH excluding ortho intramolecular Hbond substituents is 1. The van der Waals surface area contributed by atoms with E-state index in [1.165, 1.54) is 4.57 Å². The normalized spacial score (nSPS) is 15.2. The van der Waals surface area contributed by atoms with Crippen LogP contribution in [0.4, 0.5) is 20.2 Å². The number of carbonyl (C=O) groups is 1. The second kappa shape index (κ2) is 10.9. The summed E-state index contributed by atoms with van der Waals surface area (Å²) in [7, 11) is 0. The number of nitrogens with one attached hydrogen (secondary N) is 1. The number of nitrogens with zero attached hydrogens (tertiary/aromatic N) is 5. The molecule has 3 heterocycles. The highest BCUT2D eigenvalue weighted by atomic mass is 35.5. The minimum absolute atomic E-state index is 0.00927. The lowest BCUT2D eigenvalue weighted by atomic mass is 10.1. The molecular formula is C23H21ClF2N6O8. The van der Waals surface area contributed by atoms with Gasteiger partial charge in [0.05, 0.1) is 21.0 Å². The van der Waals surface area contributed by atoms with Crippen molar-refractivity contribution in [1.82, 2.24) is 15.0 Å². The van der Waals surface area contributed by atoms with E-state index in [4.69, 9.17) is 16.7 Å². The zero-order chi connectivity index (χ0) is 29.5. The van der Waals surface area contributed by atoms with Crippen molar-refractivity contribution < 1.29 is 38.2 Å². The molecular weight excluding hydrogens is 562 g/mol. The van der Waals surface area contributed by atoms with Crippen LogP contribution in [0.2, 0.25) is 5.02 Å². The quantitative estimate of drug-likeness (QED) is 0.182. The molecule has 17 heteroatoms. The number of nitro groups is 1. The number of aryl methyl sites for hydroxylation is 1. The molecule has 0 amide bonds. The van der Waals surface area contributed by atoms with Gasteiger partial charge in [0.25, 0.3) is 11.3 Å². The van der Waals surface area contributed by atoms with Crippen LogP contribution in [0.25, 0.3) is 21.9 Å². The molecule has 0 radical (unpaired) electrons. The van der Waals surface area contributed by atoms with Gasteiger partial charge in [-0.25, -0.2) is 13.6 Å². The predicted molar refractivity (Wildman–Crippen MR) is 137 cm³/mol. The number of carboxylic acid groups (broad SMARTS) is 1. The van der Waals surface area contributed by atoms with Gasteiger partial charge in [-0.05, 0) is 24.8 Å². The Morgan fingerprint density at radius 3 is 2.70 bits per heavy atom. The smallest absolute Gasteiger partial charge is 0.341 e. The molecule has 3 N–H and O–H groups in total. The average molecular weight is 583 g/mol. The number of phenols is 1. The number of pyridine rings is 1. The molecule has 0 saturated carbocycles. The molecule has 0 bridgehead atoms. The molecule has 2 aromatic heterocycles. The average Bonchev–Trinajstić information content (AvgIpc) is 3.25. The van der Waals surface area contributed by atoms with E-state index in [2.05, 4.69) is 15.1 Å². The summed E-state index contributed by atoms with van der Waals surface area (Å²) in [6, 6.07) is 2.02. The van der Waals surface area contributed by atoms with Crippen molar-refractivity contribution in [1.29, 1.82) is 0 Å². The van der Waals surface area contributed by atoms with Gasteiger partial charge in [-0.3, -0.25) is 19.5 Å². The number of carboxylic acids is 1. The summed E-state index contributed by atoms with van der Waals surface area (Å²) in [5, 5.41) is 45.7. The first-order valence-electron chi connectivity index (χ1n) is 11.7. The molecule has 1 saturated heterocycles. The van der Waals surface area contributed by atoms with Crippen LogP contribution in [0.5, 0.6) is 5.75 Å². The fraction of sp³-hybridized carbons (Fsp3) is 0.304. The van der Waals surface area contributed by atoms with Crippen molar-refractivity contribution in [2.75, 3.05) is 24.5 Å². The molecule has 14 nitrogen and oxygen atoms in total. The van der Waals surface area contributed by atoms with Crippen LogP contribution in [0, 0.1) is 27.0 Å². The van der Waals surface area contributed by atoms with Crippen molar-refractivity contribution in [2.45, 2.75) is 26.4 Å². The van der Waals surface area contributed by atoms with Gasteiger partial charge >= 0.3 is 11.7 Å². The molecule has 1 aliphatic rings. The largest absolute Gasteiger partial charge is 0.499 e. The fourth-order valence-corrected chi connectivity index (χ4v) is 4.69. The molecule has 1 unspecified atom stereocenters. The minimum atomic E-state index is -1.42. The van der Waals surface area contributed by atoms with Crippen molar-refractivity contribution in [3.63, 3.8) is 0 Å². The highest BCUT2D eigenvalue weighted by Gasteiger charge is 2.29. The SMILES string of the molecule is CCn1cc(C(=O)O)c(=O)c2cc(F)c(N3CCNC(C)C3)c(F)c21.O=[N+]([O-])c1c(Cl)cc2c(no[n+]2[O-])c1O. The summed E-state index contributed by atoms with van der Waals surface area (Å²) in [6.07, 6.45) is 1.11. The van der Waals surface area contributed by atoms with Gasteiger partial charge in [-0.1, -0.05) is 11.6 Å². The second-order valence-electron chi connectivity index (χ2n) is 8.79. The Morgan fingerprint density at radius 1 is 1.40 bits per heavy atom. The molecule has 212 valence electrons. The van der Waals surface area contributed by atoms with E-state index >= 15 is 4.39 Å². The number of aromatic carboxylic acids is 1. The minimum Gasteiger partial charge on any atom is -0.499 e. The summed E-state index contributed by atoms with van der Waals surface area (Å²) >= 11 is 5.51. The van der Waals surface area contributed by atoms with Gasteiger partial charge in [0.15, 0.2) is 5.82 Å². The highest BCUT2D eigenvalue weighted by Crippen LogP contribution is 2.38. The number of rotatable bonds is 4. The lowest BCUT2D eigenvalue weighted by molar-refractivity contribution is -0.782. The molecule has 1 aliphatic heterocycles. The maximum atomic E-state index is 15.2. The molecule has 0 spiro atoms. The van der Waals surface area contributed by atoms with E-state index < -0.39 is 45.0 Å². The number of halogens is 3. The van der Waals surface area contributed by atoms with Gasteiger partial charge in [0, 0.05) is 44.5 Å². The van der Waals surface area contributed by atoms with Crippen LogP contribution in [-0.2, 0) is 6.54 Å². The van der Waals surface area contributed by atoms with Gasteiger partial charge < -0.3 is 30.2 Å². The molecule has 5 rings (SSSR count). The van der Waals surface area contributed by atoms with Gasteiger partial charge in [-0.2, -0.15) is 0 Å². The number of piperazine rings is 1. The second-order valence-corrected chi connectivity index (χ2v) is 9.20. The van der Waals surface area contributed by atoms with E-state index in [1.807, 2.05) is 6.92 Å². The van der Waals surface area contributed by atoms with Crippen molar-refractivity contribution in [3.05, 3.63) is 66.1 Å². The predicted octanol–water partition coefficient (Wildman–Crippen LogP) is 2.52. The van der Waals surface area contributed by atoms with Crippen LogP contribution in [0.1, 0.15) is 24.2 Å². The zero-order valence-corrected chi connectivity index (χ0v) is 21.6. The lowest BCUT2D eigenvalue weighted by Gasteiger charge is -2.34. The van der Waals surface area contributed by atoms with Crippen LogP contribution in [-0.4, -0.2) is 56.5 Å². The third-order valence-electron chi connectivity index (χ3n) is 6.25. The Balaban J connectivity index is 0.000000210. The van der Waals surface area contributed by atoms with Gasteiger partial charge in [-0.15, -0.1) is 0 Å². The molecule has 1 fully saturated rings. The van der Waals surface area contributed by atoms with Crippen molar-refractivity contribution >= 4 is 50.9 Å². The molecule has 0 aliphatic carbocycles. The highest BCUT2D eigenvalue weighted by molar-refractivity contribution is 6.33. The van der Waals surface area contributed by atoms with Crippen LogP contribution in [0.15, 0.2) is 27.8 Å². The Labute approximate surface area is 227 Å². The monoisotopic (exact) mass is 582 g/mol. The van der Waals surface area contributed by atoms with Crippen LogP contribution in [0.3, 0.4) is 0 Å². The summed E-state index contributed by atoms with van der Waals surface area (Å²) in [6.45, 7) is 5.33. The third kappa shape index (κ3) is 4.93. The molecule has 1 atom stereocenters. The van der Waals surface area contributed by atoms with Gasteiger partial charge in [0.2, 0.25) is 10.9 Å². The first-order valence-corrected chi connectivity index (χ1v) is 12.1. The zero-order valence-electron chi connectivity index (χ0n) is 20.9. The van der Waals surface area contributed by atoms with Crippen molar-refractivity contribution in [2.24, 2.45) is 0 Å². The van der Waals surface area contributed by atoms with Crippen LogP contribution >= 0.6 is 11.6 Å². The van der Waals surface area contributed by atoms with E-state index in [-0.39, 0.29) is 50.1 Å². The maximum Gasteiger partial charge on any atom is 0.341 e. The molecule has 40 heavy (non-hydrogen) atoms. The fourth-order valence-electron chi connectivity index (χ4n) is 4.43. The number of fused-ring (bicyclic) bond motifs is 2. The maximum absolute atomic E-state index is 15.2. The first kappa shape index (κ1) is 28.4. The number of nitro benzene ring substituents is 1. The summed E-state index contributed by atoms with van der Waals surface area (Å²) < 4.78 is 35.3. The number of anilines is 1. The molecule has 2 aromatic carbocycles. The Bertz CT molecular complexity index is 1730. The summed E-state index contributed by atoms with van der Waals surface area (Å²) in [5.74, 6) is -3.91. The standard InChI is InChI=1S/C17H19F2N3O3.C6H2ClN3O5/c1-3-21-8-11(17(24)25)16(23)10-6-12(18)15(13(19)14(10)21)22-5-4-20-9(2)7-22;7-2-1-3-4(8-15-10(3)14)6(11)5(2)9(12)13/h6,8-9,20H,3-5,7H2,1-2H3,(H,24,25);1,11H. The lowest BCUT2D eigenvalue weighted by Crippen LogP contribution is -2.49. The number of aromatic nitrogens is 3. The van der Waals surface area contributed by atoms with E-state index in [0.29, 0.717) is 19.6 Å². The summed E-state index contributed by atoms with van der Waals surface area (Å²) in [4.78, 5) is 34.8. The van der Waals surface area contributed by atoms with E-state index in [9.17, 15) is 34.4 Å². The third-order valence-corrected chi connectivity index (χ3v) is 6.54.